The number of hydrogen-bond acceptors (Lipinski definition) is 4. The van der Waals surface area contributed by atoms with Crippen LogP contribution in [0, 0.1) is 0 Å². The molecule has 0 saturated heterocycles. The summed E-state index contributed by atoms with van der Waals surface area (Å²) in [6.45, 7) is 2.83. The maximum Gasteiger partial charge on any atom is 0.469 e. The fourth-order valence-corrected chi connectivity index (χ4v) is 3.30. The summed E-state index contributed by atoms with van der Waals surface area (Å²) in [6, 6.07) is 0. The molecule has 0 aromatic rings. The van der Waals surface area contributed by atoms with E-state index in [1.165, 1.54) is 44.9 Å². The van der Waals surface area contributed by atoms with Crippen LogP contribution in [0.1, 0.15) is 110 Å². The van der Waals surface area contributed by atoms with Gasteiger partial charge in [-0.05, 0) is 19.3 Å². The summed E-state index contributed by atoms with van der Waals surface area (Å²) in [6.07, 6.45) is 17.2. The average molecular weight is 409 g/mol. The lowest BCUT2D eigenvalue weighted by Crippen LogP contribution is -2.05. The van der Waals surface area contributed by atoms with Gasteiger partial charge in [0, 0.05) is 6.42 Å². The van der Waals surface area contributed by atoms with E-state index >= 15 is 0 Å². The second-order valence-corrected chi connectivity index (χ2v) is 8.48. The molecule has 27 heavy (non-hydrogen) atoms. The van der Waals surface area contributed by atoms with E-state index < -0.39 is 7.82 Å². The van der Waals surface area contributed by atoms with Crippen molar-refractivity contribution in [2.45, 2.75) is 110 Å². The lowest BCUT2D eigenvalue weighted by Gasteiger charge is -2.06. The number of rotatable bonds is 20. The van der Waals surface area contributed by atoms with Gasteiger partial charge in [0.05, 0.1) is 13.2 Å². The van der Waals surface area contributed by atoms with Gasteiger partial charge in [0.25, 0.3) is 0 Å². The Labute approximate surface area is 165 Å². The van der Waals surface area contributed by atoms with Gasteiger partial charge in [0.1, 0.15) is 0 Å². The molecule has 2 N–H and O–H groups in total. The highest BCUT2D eigenvalue weighted by Crippen LogP contribution is 2.35. The van der Waals surface area contributed by atoms with Crippen molar-refractivity contribution in [2.24, 2.45) is 0 Å². The zero-order valence-electron chi connectivity index (χ0n) is 17.2. The van der Waals surface area contributed by atoms with Crippen molar-refractivity contribution in [1.29, 1.82) is 0 Å². The Kier molecular flexibility index (Phi) is 18.6. The molecule has 0 aliphatic heterocycles. The molecule has 0 atom stereocenters. The van der Waals surface area contributed by atoms with E-state index in [2.05, 4.69) is 11.4 Å². The molecule has 0 aliphatic rings. The highest BCUT2D eigenvalue weighted by atomic mass is 31.2. The molecule has 0 bridgehead atoms. The van der Waals surface area contributed by atoms with Crippen molar-refractivity contribution in [3.05, 3.63) is 0 Å². The third-order valence-electron chi connectivity index (χ3n) is 4.55. The van der Waals surface area contributed by atoms with Gasteiger partial charge < -0.3 is 14.5 Å². The van der Waals surface area contributed by atoms with Gasteiger partial charge in [-0.1, -0.05) is 84.0 Å². The summed E-state index contributed by atoms with van der Waals surface area (Å²) >= 11 is 0. The molecule has 6 nitrogen and oxygen atoms in total. The summed E-state index contributed by atoms with van der Waals surface area (Å²) in [7, 11) is -4.31. The molecule has 0 spiro atoms. The number of unbranched alkanes of at least 4 members (excludes halogenated alkanes) is 13. The first-order chi connectivity index (χ1) is 13.0. The first kappa shape index (κ1) is 26.6. The largest absolute Gasteiger partial charge is 0.469 e. The Morgan fingerprint density at radius 1 is 0.704 bits per heavy atom. The first-order valence-electron chi connectivity index (χ1n) is 10.8. The summed E-state index contributed by atoms with van der Waals surface area (Å²) in [5.74, 6) is -0.0764. The third kappa shape index (κ3) is 23.5. The zero-order valence-corrected chi connectivity index (χ0v) is 18.1. The molecule has 0 heterocycles. The first-order valence-corrected chi connectivity index (χ1v) is 12.3. The molecule has 0 radical (unpaired) electrons. The minimum absolute atomic E-state index is 0.0764. The van der Waals surface area contributed by atoms with E-state index in [1.54, 1.807) is 0 Å². The van der Waals surface area contributed by atoms with Crippen molar-refractivity contribution in [1.82, 2.24) is 0 Å². The summed E-state index contributed by atoms with van der Waals surface area (Å²) in [5.41, 5.74) is 0. The van der Waals surface area contributed by atoms with Gasteiger partial charge >= 0.3 is 13.8 Å². The molecule has 162 valence electrons. The van der Waals surface area contributed by atoms with Crippen LogP contribution in [0.3, 0.4) is 0 Å². The van der Waals surface area contributed by atoms with Crippen molar-refractivity contribution in [3.63, 3.8) is 0 Å². The van der Waals surface area contributed by atoms with Crippen LogP contribution in [0.25, 0.3) is 0 Å². The molecule has 0 unspecified atom stereocenters. The Morgan fingerprint density at radius 3 is 1.67 bits per heavy atom. The minimum atomic E-state index is -4.31. The summed E-state index contributed by atoms with van der Waals surface area (Å²) in [4.78, 5) is 28.7. The Balaban J connectivity index is 3.20. The molecular formula is C20H41O6P. The van der Waals surface area contributed by atoms with E-state index in [0.717, 1.165) is 44.9 Å². The Bertz CT molecular complexity index is 383. The van der Waals surface area contributed by atoms with Gasteiger partial charge in [-0.15, -0.1) is 0 Å². The van der Waals surface area contributed by atoms with E-state index in [1.807, 2.05) is 0 Å². The molecule has 0 aromatic heterocycles. The Hall–Kier alpha value is -0.420. The van der Waals surface area contributed by atoms with Crippen LogP contribution in [-0.4, -0.2) is 29.0 Å². The topological polar surface area (TPSA) is 93.1 Å². The summed E-state index contributed by atoms with van der Waals surface area (Å²) in [5, 5.41) is 0. The number of phosphoric ester groups is 1. The van der Waals surface area contributed by atoms with Gasteiger partial charge in [-0.25, -0.2) is 4.57 Å². The fourth-order valence-electron chi connectivity index (χ4n) is 2.93. The number of esters is 1. The lowest BCUT2D eigenvalue weighted by molar-refractivity contribution is -0.143. The average Bonchev–Trinajstić information content (AvgIpc) is 2.61. The third-order valence-corrected chi connectivity index (χ3v) is 5.06. The highest BCUT2D eigenvalue weighted by molar-refractivity contribution is 7.46. The quantitative estimate of drug-likeness (QED) is 0.148. The minimum Gasteiger partial charge on any atom is -0.466 e. The zero-order chi connectivity index (χ0) is 20.2. The lowest BCUT2D eigenvalue weighted by atomic mass is 10.1. The molecular weight excluding hydrogens is 367 g/mol. The molecule has 0 aliphatic carbocycles. The number of carbonyl (C=O) groups is 1. The molecule has 0 aromatic carbocycles. The molecule has 0 rings (SSSR count). The predicted molar refractivity (Wildman–Crippen MR) is 109 cm³/mol. The maximum atomic E-state index is 11.6. The molecule has 7 heteroatoms. The predicted octanol–water partition coefficient (Wildman–Crippen LogP) is 5.90. The van der Waals surface area contributed by atoms with Crippen molar-refractivity contribution in [3.8, 4) is 0 Å². The normalized spacial score (nSPS) is 11.7. The van der Waals surface area contributed by atoms with Crippen molar-refractivity contribution < 1.29 is 28.4 Å². The number of phosphoric acid groups is 1. The van der Waals surface area contributed by atoms with Crippen LogP contribution in [0.5, 0.6) is 0 Å². The maximum absolute atomic E-state index is 11.6. The van der Waals surface area contributed by atoms with Gasteiger partial charge in [-0.3, -0.25) is 9.32 Å². The van der Waals surface area contributed by atoms with E-state index in [0.29, 0.717) is 19.4 Å². The number of ether oxygens (including phenoxy) is 1. The van der Waals surface area contributed by atoms with Crippen LogP contribution in [-0.2, 0) is 18.6 Å². The number of hydrogen-bond donors (Lipinski definition) is 2. The van der Waals surface area contributed by atoms with Crippen LogP contribution in [0.4, 0.5) is 0 Å². The standard InChI is InChI=1S/C20H41O6P/c1-2-3-4-5-6-7-8-11-14-17-20(21)25-18-15-12-9-10-13-16-19-26-27(22,23)24/h2-19H2,1H3,(H2,22,23,24). The molecule has 0 fully saturated rings. The van der Waals surface area contributed by atoms with Crippen LogP contribution in [0.15, 0.2) is 0 Å². The van der Waals surface area contributed by atoms with Gasteiger partial charge in [0.2, 0.25) is 0 Å². The van der Waals surface area contributed by atoms with E-state index in [4.69, 9.17) is 14.5 Å². The second-order valence-electron chi connectivity index (χ2n) is 7.24. The Morgan fingerprint density at radius 2 is 1.15 bits per heavy atom. The SMILES string of the molecule is CCCCCCCCCCCC(=O)OCCCCCCCCOP(=O)(O)O. The second kappa shape index (κ2) is 18.9. The van der Waals surface area contributed by atoms with Crippen LogP contribution >= 0.6 is 7.82 Å². The van der Waals surface area contributed by atoms with Crippen LogP contribution < -0.4 is 0 Å². The van der Waals surface area contributed by atoms with Crippen LogP contribution in [0.2, 0.25) is 0 Å². The van der Waals surface area contributed by atoms with Gasteiger partial charge in [0.15, 0.2) is 0 Å². The fraction of sp³-hybridized carbons (Fsp3) is 0.950. The smallest absolute Gasteiger partial charge is 0.466 e. The van der Waals surface area contributed by atoms with E-state index in [9.17, 15) is 9.36 Å². The molecule has 0 amide bonds. The summed E-state index contributed by atoms with van der Waals surface area (Å²) < 4.78 is 20.1. The molecule has 0 saturated carbocycles. The highest BCUT2D eigenvalue weighted by Gasteiger charge is 2.12. The van der Waals surface area contributed by atoms with Gasteiger partial charge in [-0.2, -0.15) is 0 Å². The monoisotopic (exact) mass is 408 g/mol. The van der Waals surface area contributed by atoms with E-state index in [-0.39, 0.29) is 12.6 Å². The van der Waals surface area contributed by atoms with Crippen molar-refractivity contribution in [2.75, 3.05) is 13.2 Å². The van der Waals surface area contributed by atoms with Crippen molar-refractivity contribution >= 4 is 13.8 Å². The number of carbonyl (C=O) groups excluding carboxylic acids is 1.